The summed E-state index contributed by atoms with van der Waals surface area (Å²) in [5, 5.41) is 4.03. The zero-order chi connectivity index (χ0) is 21.6. The number of amides is 1. The van der Waals surface area contributed by atoms with Crippen LogP contribution in [0.2, 0.25) is 0 Å². The van der Waals surface area contributed by atoms with Crippen molar-refractivity contribution in [1.29, 1.82) is 0 Å². The second kappa shape index (κ2) is 13.7. The van der Waals surface area contributed by atoms with E-state index >= 15 is 0 Å². The molecule has 160 valence electrons. The van der Waals surface area contributed by atoms with Crippen molar-refractivity contribution in [2.45, 2.75) is 58.3 Å². The van der Waals surface area contributed by atoms with Crippen LogP contribution in [-0.4, -0.2) is 18.1 Å². The Balaban J connectivity index is 1.83. The number of hydrazone groups is 1. The van der Waals surface area contributed by atoms with Crippen LogP contribution in [0.4, 0.5) is 0 Å². The lowest BCUT2D eigenvalue weighted by atomic mass is 10.1. The maximum absolute atomic E-state index is 12.3. The fourth-order valence-electron chi connectivity index (χ4n) is 2.92. The quantitative estimate of drug-likeness (QED) is 0.130. The molecule has 2 rings (SSSR count). The lowest BCUT2D eigenvalue weighted by Crippen LogP contribution is -2.17. The minimum atomic E-state index is -0.449. The Kier molecular flexibility index (Phi) is 10.9. The van der Waals surface area contributed by atoms with E-state index in [1.807, 2.05) is 6.07 Å². The van der Waals surface area contributed by atoms with E-state index in [4.69, 9.17) is 4.74 Å². The Labute approximate surface area is 187 Å². The van der Waals surface area contributed by atoms with Gasteiger partial charge in [-0.05, 0) is 36.8 Å². The van der Waals surface area contributed by atoms with Crippen molar-refractivity contribution in [2.75, 3.05) is 0 Å². The maximum atomic E-state index is 12.3. The Morgan fingerprint density at radius 1 is 1.00 bits per heavy atom. The third kappa shape index (κ3) is 8.91. The highest BCUT2D eigenvalue weighted by atomic mass is 79.9. The van der Waals surface area contributed by atoms with Crippen LogP contribution in [-0.2, 0) is 4.79 Å². The summed E-state index contributed by atoms with van der Waals surface area (Å²) in [6, 6.07) is 14.0. The van der Waals surface area contributed by atoms with Crippen molar-refractivity contribution in [3.8, 4) is 5.75 Å². The molecule has 0 fully saturated rings. The summed E-state index contributed by atoms with van der Waals surface area (Å²) in [5.74, 6) is -0.190. The van der Waals surface area contributed by atoms with Crippen LogP contribution < -0.4 is 10.2 Å². The molecular formula is C24H29BrN2O3. The van der Waals surface area contributed by atoms with E-state index in [9.17, 15) is 9.59 Å². The van der Waals surface area contributed by atoms with Crippen molar-refractivity contribution in [2.24, 2.45) is 5.10 Å². The van der Waals surface area contributed by atoms with E-state index in [1.54, 1.807) is 42.5 Å². The average molecular weight is 473 g/mol. The fraction of sp³-hybridized carbons (Fsp3) is 0.375. The number of nitrogens with one attached hydrogen (secondary N) is 1. The van der Waals surface area contributed by atoms with Crippen molar-refractivity contribution in [3.63, 3.8) is 0 Å². The van der Waals surface area contributed by atoms with Gasteiger partial charge >= 0.3 is 5.97 Å². The Bertz CT molecular complexity index is 838. The van der Waals surface area contributed by atoms with Gasteiger partial charge < -0.3 is 4.74 Å². The first-order valence-corrected chi connectivity index (χ1v) is 11.3. The van der Waals surface area contributed by atoms with E-state index in [1.165, 1.54) is 38.3 Å². The number of unbranched alkanes of at least 4 members (excludes halogenated alkanes) is 6. The summed E-state index contributed by atoms with van der Waals surface area (Å²) in [5.41, 5.74) is 3.60. The van der Waals surface area contributed by atoms with Crippen LogP contribution in [0.1, 0.15) is 74.2 Å². The molecule has 0 aromatic heterocycles. The number of hydrogen-bond acceptors (Lipinski definition) is 4. The van der Waals surface area contributed by atoms with Gasteiger partial charge in [0.25, 0.3) is 0 Å². The summed E-state index contributed by atoms with van der Waals surface area (Å²) in [6.45, 7) is 2.20. The molecule has 0 unspecified atom stereocenters. The second-order valence-corrected chi connectivity index (χ2v) is 8.02. The number of carbonyl (C=O) groups excluding carboxylic acids is 2. The Morgan fingerprint density at radius 3 is 2.43 bits per heavy atom. The van der Waals surface area contributed by atoms with Gasteiger partial charge in [0.2, 0.25) is 5.91 Å². The standard InChI is InChI=1S/C24H29BrN2O3/c1-2-3-4-5-6-7-11-14-23(28)27-26-18-20-17-21(25)15-16-22(20)30-24(29)19-12-9-8-10-13-19/h8-10,12-13,15-18H,2-7,11,14H2,1H3,(H,27,28). The van der Waals surface area contributed by atoms with Crippen molar-refractivity contribution >= 4 is 34.0 Å². The molecule has 1 amide bonds. The third-order valence-electron chi connectivity index (χ3n) is 4.58. The molecule has 0 saturated carbocycles. The lowest BCUT2D eigenvalue weighted by Gasteiger charge is -2.08. The molecule has 5 nitrogen and oxygen atoms in total. The molecule has 0 heterocycles. The first-order chi connectivity index (χ1) is 14.6. The van der Waals surface area contributed by atoms with Crippen molar-refractivity contribution in [3.05, 3.63) is 64.1 Å². The van der Waals surface area contributed by atoms with E-state index in [2.05, 4.69) is 33.4 Å². The zero-order valence-corrected chi connectivity index (χ0v) is 19.0. The van der Waals surface area contributed by atoms with E-state index in [0.717, 1.165) is 17.3 Å². The molecule has 30 heavy (non-hydrogen) atoms. The molecular weight excluding hydrogens is 444 g/mol. The monoisotopic (exact) mass is 472 g/mol. The number of carbonyl (C=O) groups is 2. The summed E-state index contributed by atoms with van der Waals surface area (Å²) in [6.07, 6.45) is 10.1. The Morgan fingerprint density at radius 2 is 1.70 bits per heavy atom. The van der Waals surface area contributed by atoms with Gasteiger partial charge in [-0.25, -0.2) is 10.2 Å². The minimum absolute atomic E-state index is 0.113. The van der Waals surface area contributed by atoms with Crippen LogP contribution in [0.25, 0.3) is 0 Å². The predicted octanol–water partition coefficient (Wildman–Crippen LogP) is 6.26. The average Bonchev–Trinajstić information content (AvgIpc) is 2.75. The highest BCUT2D eigenvalue weighted by molar-refractivity contribution is 9.10. The molecule has 0 aliphatic heterocycles. The molecule has 0 spiro atoms. The summed E-state index contributed by atoms with van der Waals surface area (Å²) in [7, 11) is 0. The van der Waals surface area contributed by atoms with E-state index in [-0.39, 0.29) is 5.91 Å². The summed E-state index contributed by atoms with van der Waals surface area (Å²) in [4.78, 5) is 24.3. The fourth-order valence-corrected chi connectivity index (χ4v) is 3.30. The van der Waals surface area contributed by atoms with Gasteiger partial charge in [0, 0.05) is 16.5 Å². The molecule has 0 aliphatic carbocycles. The normalized spacial score (nSPS) is 10.9. The molecule has 2 aromatic carbocycles. The second-order valence-electron chi connectivity index (χ2n) is 7.10. The zero-order valence-electron chi connectivity index (χ0n) is 17.4. The first kappa shape index (κ1) is 23.8. The third-order valence-corrected chi connectivity index (χ3v) is 5.08. The molecule has 1 N–H and O–H groups in total. The van der Waals surface area contributed by atoms with Gasteiger partial charge in [-0.2, -0.15) is 5.10 Å². The smallest absolute Gasteiger partial charge is 0.343 e. The van der Waals surface area contributed by atoms with Crippen LogP contribution >= 0.6 is 15.9 Å². The number of ether oxygens (including phenoxy) is 1. The van der Waals surface area contributed by atoms with E-state index < -0.39 is 5.97 Å². The van der Waals surface area contributed by atoms with Crippen molar-refractivity contribution in [1.82, 2.24) is 5.43 Å². The van der Waals surface area contributed by atoms with Gasteiger partial charge in [-0.15, -0.1) is 0 Å². The lowest BCUT2D eigenvalue weighted by molar-refractivity contribution is -0.121. The number of benzene rings is 2. The highest BCUT2D eigenvalue weighted by Gasteiger charge is 2.11. The molecule has 0 bridgehead atoms. The van der Waals surface area contributed by atoms with Crippen molar-refractivity contribution < 1.29 is 14.3 Å². The number of esters is 1. The Hall–Kier alpha value is -2.47. The molecule has 6 heteroatoms. The van der Waals surface area contributed by atoms with Gasteiger partial charge in [0.1, 0.15) is 5.75 Å². The topological polar surface area (TPSA) is 67.8 Å². The highest BCUT2D eigenvalue weighted by Crippen LogP contribution is 2.23. The maximum Gasteiger partial charge on any atom is 0.343 e. The van der Waals surface area contributed by atoms with Crippen LogP contribution in [0.15, 0.2) is 58.1 Å². The number of halogens is 1. The van der Waals surface area contributed by atoms with Crippen LogP contribution in [0.5, 0.6) is 5.75 Å². The molecule has 2 aromatic rings. The summed E-state index contributed by atoms with van der Waals surface area (Å²) < 4.78 is 6.32. The van der Waals surface area contributed by atoms with Gasteiger partial charge in [0.05, 0.1) is 11.8 Å². The minimum Gasteiger partial charge on any atom is -0.422 e. The molecule has 0 saturated heterocycles. The SMILES string of the molecule is CCCCCCCCCC(=O)NN=Cc1cc(Br)ccc1OC(=O)c1ccccc1. The largest absolute Gasteiger partial charge is 0.422 e. The number of hydrogen-bond donors (Lipinski definition) is 1. The summed E-state index contributed by atoms with van der Waals surface area (Å²) >= 11 is 3.40. The molecule has 0 atom stereocenters. The molecule has 0 aliphatic rings. The van der Waals surface area contributed by atoms with Crippen LogP contribution in [0, 0.1) is 0 Å². The van der Waals surface area contributed by atoms with Gasteiger partial charge in [-0.1, -0.05) is 79.6 Å². The first-order valence-electron chi connectivity index (χ1n) is 10.5. The van der Waals surface area contributed by atoms with Gasteiger partial charge in [-0.3, -0.25) is 4.79 Å². The number of rotatable bonds is 12. The predicted molar refractivity (Wildman–Crippen MR) is 124 cm³/mol. The van der Waals surface area contributed by atoms with E-state index in [0.29, 0.717) is 23.3 Å². The van der Waals surface area contributed by atoms with Crippen LogP contribution in [0.3, 0.4) is 0 Å². The van der Waals surface area contributed by atoms with Gasteiger partial charge in [0.15, 0.2) is 0 Å². The number of nitrogens with zero attached hydrogens (tertiary/aromatic N) is 1. The molecule has 0 radical (unpaired) electrons.